The van der Waals surface area contributed by atoms with Gasteiger partial charge in [0.2, 0.25) is 0 Å². The Bertz CT molecular complexity index is 813. The van der Waals surface area contributed by atoms with Crippen molar-refractivity contribution in [1.82, 2.24) is 0 Å². The summed E-state index contributed by atoms with van der Waals surface area (Å²) in [4.78, 5) is 12.6. The van der Waals surface area contributed by atoms with Crippen LogP contribution in [-0.2, 0) is 6.42 Å². The number of carboxylic acid groups (broad SMARTS) is 1. The van der Waals surface area contributed by atoms with Gasteiger partial charge >= 0.3 is 5.97 Å². The molecule has 31 heavy (non-hydrogen) atoms. The van der Waals surface area contributed by atoms with Gasteiger partial charge in [0.25, 0.3) is 0 Å². The van der Waals surface area contributed by atoms with E-state index in [2.05, 4.69) is 31.2 Å². The maximum Gasteiger partial charge on any atom is 0.345 e. The van der Waals surface area contributed by atoms with Crippen LogP contribution in [0, 0.1) is 11.8 Å². The predicted octanol–water partition coefficient (Wildman–Crippen LogP) is 6.19. The summed E-state index contributed by atoms with van der Waals surface area (Å²) in [7, 11) is 0. The molecule has 0 bridgehead atoms. The van der Waals surface area contributed by atoms with Crippen LogP contribution in [-0.4, -0.2) is 27.9 Å². The van der Waals surface area contributed by atoms with Crippen molar-refractivity contribution in [1.29, 1.82) is 0 Å². The van der Waals surface area contributed by atoms with Crippen LogP contribution in [0.15, 0.2) is 36.4 Å². The van der Waals surface area contributed by atoms with E-state index < -0.39 is 12.1 Å². The first-order valence-electron chi connectivity index (χ1n) is 11.7. The van der Waals surface area contributed by atoms with Crippen molar-refractivity contribution in [3.63, 3.8) is 0 Å². The van der Waals surface area contributed by atoms with E-state index in [0.29, 0.717) is 22.6 Å². The Balaban J connectivity index is 1.59. The summed E-state index contributed by atoms with van der Waals surface area (Å²) in [5.74, 6) is 0.341. The van der Waals surface area contributed by atoms with Crippen molar-refractivity contribution in [3.05, 3.63) is 57.3 Å². The molecule has 1 aromatic heterocycles. The summed E-state index contributed by atoms with van der Waals surface area (Å²) in [5, 5.41) is 29.5. The van der Waals surface area contributed by atoms with E-state index in [1.54, 1.807) is 6.07 Å². The van der Waals surface area contributed by atoms with Gasteiger partial charge in [-0.25, -0.2) is 4.79 Å². The second kappa shape index (κ2) is 11.8. The van der Waals surface area contributed by atoms with Crippen molar-refractivity contribution in [3.8, 4) is 0 Å². The van der Waals surface area contributed by atoms with E-state index in [1.165, 1.54) is 16.9 Å². The number of aliphatic hydroxyl groups is 2. The lowest BCUT2D eigenvalue weighted by atomic mass is 9.81. The SMILES string of the molecule is CCCCCC(O)c1ccc(C2C(CO)CC[C@@H]2CCCc2ccc(C(=O)O)s2)cc1. The summed E-state index contributed by atoms with van der Waals surface area (Å²) in [6.45, 7) is 2.39. The van der Waals surface area contributed by atoms with E-state index in [4.69, 9.17) is 5.11 Å². The highest BCUT2D eigenvalue weighted by atomic mass is 32.1. The highest BCUT2D eigenvalue weighted by Gasteiger charge is 2.36. The number of hydrogen-bond acceptors (Lipinski definition) is 4. The number of aliphatic hydroxyl groups excluding tert-OH is 2. The van der Waals surface area contributed by atoms with E-state index >= 15 is 0 Å². The second-order valence-corrected chi connectivity index (χ2v) is 10.1. The van der Waals surface area contributed by atoms with Crippen molar-refractivity contribution in [2.45, 2.75) is 76.7 Å². The molecule has 4 nitrogen and oxygen atoms in total. The Hall–Kier alpha value is -1.69. The minimum Gasteiger partial charge on any atom is -0.477 e. The van der Waals surface area contributed by atoms with Gasteiger partial charge in [-0.05, 0) is 79.5 Å². The van der Waals surface area contributed by atoms with Gasteiger partial charge in [0.1, 0.15) is 4.88 Å². The summed E-state index contributed by atoms with van der Waals surface area (Å²) >= 11 is 1.37. The summed E-state index contributed by atoms with van der Waals surface area (Å²) in [6.07, 6.45) is 8.99. The molecular formula is C26H36O4S. The van der Waals surface area contributed by atoms with Crippen LogP contribution in [0.5, 0.6) is 0 Å². The second-order valence-electron chi connectivity index (χ2n) is 8.95. The number of carbonyl (C=O) groups is 1. The molecule has 0 radical (unpaired) electrons. The molecular weight excluding hydrogens is 408 g/mol. The fraction of sp³-hybridized carbons (Fsp3) is 0.577. The lowest BCUT2D eigenvalue weighted by Gasteiger charge is -2.25. The third-order valence-electron chi connectivity index (χ3n) is 6.82. The topological polar surface area (TPSA) is 77.8 Å². The van der Waals surface area contributed by atoms with Gasteiger partial charge in [0.15, 0.2) is 0 Å². The highest BCUT2D eigenvalue weighted by molar-refractivity contribution is 7.13. The molecule has 5 heteroatoms. The monoisotopic (exact) mass is 444 g/mol. The number of rotatable bonds is 12. The number of hydrogen-bond donors (Lipinski definition) is 3. The molecule has 3 rings (SSSR count). The Morgan fingerprint density at radius 2 is 1.81 bits per heavy atom. The molecule has 1 heterocycles. The zero-order chi connectivity index (χ0) is 22.2. The van der Waals surface area contributed by atoms with Crippen LogP contribution >= 0.6 is 11.3 Å². The Morgan fingerprint density at radius 3 is 2.45 bits per heavy atom. The molecule has 0 amide bonds. The fourth-order valence-corrected chi connectivity index (χ4v) is 5.99. The lowest BCUT2D eigenvalue weighted by molar-refractivity contribution is 0.0702. The van der Waals surface area contributed by atoms with Crippen molar-refractivity contribution < 1.29 is 20.1 Å². The standard InChI is InChI=1S/C26H36O4S/c1-2-3-4-8-23(28)18-9-11-20(12-10-18)25-19(13-14-21(25)17-27)6-5-7-22-15-16-24(31-22)26(29)30/h9-12,15-16,19,21,23,25,27-28H,2-8,13-14,17H2,1H3,(H,29,30)/t19-,21?,23?,25?/m0/s1. The Kier molecular flexibility index (Phi) is 9.12. The van der Waals surface area contributed by atoms with Crippen LogP contribution < -0.4 is 0 Å². The number of unbranched alkanes of at least 4 members (excludes halogenated alkanes) is 2. The van der Waals surface area contributed by atoms with E-state index in [0.717, 1.165) is 68.2 Å². The number of carboxylic acids is 1. The van der Waals surface area contributed by atoms with Crippen molar-refractivity contribution in [2.75, 3.05) is 6.61 Å². The molecule has 3 N–H and O–H groups in total. The average Bonchev–Trinajstić information content (AvgIpc) is 3.41. The molecule has 4 atom stereocenters. The molecule has 1 aromatic carbocycles. The molecule has 0 spiro atoms. The Morgan fingerprint density at radius 1 is 1.06 bits per heavy atom. The number of aryl methyl sites for hydroxylation is 1. The molecule has 170 valence electrons. The van der Waals surface area contributed by atoms with Crippen molar-refractivity contribution in [2.24, 2.45) is 11.8 Å². The first-order valence-corrected chi connectivity index (χ1v) is 12.6. The van der Waals surface area contributed by atoms with Gasteiger partial charge in [-0.1, -0.05) is 50.5 Å². The third-order valence-corrected chi connectivity index (χ3v) is 7.95. The maximum atomic E-state index is 11.1. The lowest BCUT2D eigenvalue weighted by Crippen LogP contribution is -2.16. The van der Waals surface area contributed by atoms with E-state index in [-0.39, 0.29) is 6.61 Å². The zero-order valence-electron chi connectivity index (χ0n) is 18.5. The van der Waals surface area contributed by atoms with Gasteiger partial charge in [-0.2, -0.15) is 0 Å². The molecule has 3 unspecified atom stereocenters. The number of benzene rings is 1. The number of aromatic carboxylic acids is 1. The maximum absolute atomic E-state index is 11.1. The molecule has 0 saturated heterocycles. The average molecular weight is 445 g/mol. The van der Waals surface area contributed by atoms with Crippen LogP contribution in [0.25, 0.3) is 0 Å². The minimum atomic E-state index is -0.850. The van der Waals surface area contributed by atoms with E-state index in [9.17, 15) is 15.0 Å². The van der Waals surface area contributed by atoms with Gasteiger partial charge in [0.05, 0.1) is 6.10 Å². The molecule has 2 aromatic rings. The molecule has 1 aliphatic carbocycles. The van der Waals surface area contributed by atoms with Crippen LogP contribution in [0.1, 0.15) is 96.0 Å². The highest BCUT2D eigenvalue weighted by Crippen LogP contribution is 2.46. The van der Waals surface area contributed by atoms with Crippen LogP contribution in [0.3, 0.4) is 0 Å². The summed E-state index contributed by atoms with van der Waals surface area (Å²) in [5.41, 5.74) is 2.26. The van der Waals surface area contributed by atoms with Gasteiger partial charge in [-0.3, -0.25) is 0 Å². The molecule has 1 saturated carbocycles. The third kappa shape index (κ3) is 6.41. The Labute approximate surface area is 190 Å². The summed E-state index contributed by atoms with van der Waals surface area (Å²) in [6, 6.07) is 12.1. The van der Waals surface area contributed by atoms with Crippen LogP contribution in [0.2, 0.25) is 0 Å². The van der Waals surface area contributed by atoms with Crippen LogP contribution in [0.4, 0.5) is 0 Å². The summed E-state index contributed by atoms with van der Waals surface area (Å²) < 4.78 is 0. The smallest absolute Gasteiger partial charge is 0.345 e. The van der Waals surface area contributed by atoms with Crippen molar-refractivity contribution >= 4 is 17.3 Å². The minimum absolute atomic E-state index is 0.218. The largest absolute Gasteiger partial charge is 0.477 e. The van der Waals surface area contributed by atoms with E-state index in [1.807, 2.05) is 6.07 Å². The zero-order valence-corrected chi connectivity index (χ0v) is 19.3. The normalized spacial score (nSPS) is 22.0. The quantitative estimate of drug-likeness (QED) is 0.341. The van der Waals surface area contributed by atoms with Gasteiger partial charge in [0, 0.05) is 11.5 Å². The first-order chi connectivity index (χ1) is 15.0. The van der Waals surface area contributed by atoms with Gasteiger partial charge < -0.3 is 15.3 Å². The predicted molar refractivity (Wildman–Crippen MR) is 126 cm³/mol. The fourth-order valence-electron chi connectivity index (χ4n) is 5.11. The first kappa shape index (κ1) is 24.0. The number of thiophene rings is 1. The van der Waals surface area contributed by atoms with Gasteiger partial charge in [-0.15, -0.1) is 11.3 Å². The molecule has 0 aliphatic heterocycles. The molecule has 1 fully saturated rings. The molecule has 1 aliphatic rings.